The average Bonchev–Trinajstić information content (AvgIpc) is 3.72. The Morgan fingerprint density at radius 2 is 1.85 bits per heavy atom. The van der Waals surface area contributed by atoms with E-state index in [4.69, 9.17) is 23.7 Å². The van der Waals surface area contributed by atoms with Crippen molar-refractivity contribution in [2.24, 2.45) is 5.92 Å². The molecule has 6 heteroatoms. The molecule has 2 aromatic carbocycles. The highest BCUT2D eigenvalue weighted by molar-refractivity contribution is 5.63. The van der Waals surface area contributed by atoms with Crippen LogP contribution in [0.25, 0.3) is 0 Å². The molecule has 0 unspecified atom stereocenters. The second-order valence-corrected chi connectivity index (χ2v) is 12.1. The summed E-state index contributed by atoms with van der Waals surface area (Å²) in [5.74, 6) is 1.64. The van der Waals surface area contributed by atoms with E-state index in [0.29, 0.717) is 19.3 Å². The summed E-state index contributed by atoms with van der Waals surface area (Å²) in [7, 11) is 3.52. The number of piperidine rings is 1. The normalized spacial score (nSPS) is 32.2. The SMILES string of the molecule is CC=CCO[C@@]12CCC(OC)(OC)[C@@H]3Oc4c(OCc5ccccc5)ccc5c4[C@@]31CCN(CC1CC1)[C@@H]2C5. The molecule has 1 spiro atoms. The van der Waals surface area contributed by atoms with E-state index in [0.717, 1.165) is 55.2 Å². The van der Waals surface area contributed by atoms with E-state index in [9.17, 15) is 0 Å². The highest BCUT2D eigenvalue weighted by atomic mass is 16.7. The predicted octanol–water partition coefficient (Wildman–Crippen LogP) is 5.42. The predicted molar refractivity (Wildman–Crippen MR) is 149 cm³/mol. The molecule has 4 atom stereocenters. The van der Waals surface area contributed by atoms with Gasteiger partial charge in [-0.3, -0.25) is 4.90 Å². The zero-order chi connectivity index (χ0) is 26.7. The summed E-state index contributed by atoms with van der Waals surface area (Å²) in [5.41, 5.74) is 3.01. The van der Waals surface area contributed by atoms with Crippen molar-refractivity contribution in [3.63, 3.8) is 0 Å². The first-order valence-corrected chi connectivity index (χ1v) is 14.7. The van der Waals surface area contributed by atoms with Gasteiger partial charge in [0.15, 0.2) is 17.6 Å². The molecule has 3 fully saturated rings. The van der Waals surface area contributed by atoms with Gasteiger partial charge in [-0.1, -0.05) is 48.6 Å². The van der Waals surface area contributed by atoms with Crippen molar-refractivity contribution < 1.29 is 23.7 Å². The topological polar surface area (TPSA) is 49.4 Å². The van der Waals surface area contributed by atoms with Gasteiger partial charge in [-0.2, -0.15) is 0 Å². The fraction of sp³-hybridized carbons (Fsp3) is 0.576. The van der Waals surface area contributed by atoms with Crippen molar-refractivity contribution in [2.45, 2.75) is 81.0 Å². The van der Waals surface area contributed by atoms with Crippen molar-refractivity contribution in [3.05, 3.63) is 71.3 Å². The lowest BCUT2D eigenvalue weighted by Gasteiger charge is -2.67. The van der Waals surface area contributed by atoms with Gasteiger partial charge in [0.1, 0.15) is 6.61 Å². The maximum absolute atomic E-state index is 7.16. The zero-order valence-electron chi connectivity index (χ0n) is 23.5. The minimum atomic E-state index is -0.846. The van der Waals surface area contributed by atoms with Crippen LogP contribution >= 0.6 is 0 Å². The first kappa shape index (κ1) is 25.6. The van der Waals surface area contributed by atoms with Crippen LogP contribution in [0.15, 0.2) is 54.6 Å². The number of hydrogen-bond acceptors (Lipinski definition) is 6. The molecule has 0 N–H and O–H groups in total. The molecule has 2 heterocycles. The Bertz CT molecular complexity index is 1240. The Balaban J connectivity index is 1.37. The molecule has 208 valence electrons. The quantitative estimate of drug-likeness (QED) is 0.302. The van der Waals surface area contributed by atoms with Gasteiger partial charge in [0.25, 0.3) is 0 Å². The van der Waals surface area contributed by atoms with Gasteiger partial charge < -0.3 is 23.7 Å². The second kappa shape index (κ2) is 9.62. The van der Waals surface area contributed by atoms with E-state index in [-0.39, 0.29) is 17.1 Å². The molecule has 39 heavy (non-hydrogen) atoms. The van der Waals surface area contributed by atoms with Crippen LogP contribution in [0, 0.1) is 5.92 Å². The van der Waals surface area contributed by atoms with Gasteiger partial charge >= 0.3 is 0 Å². The Morgan fingerprint density at radius 1 is 1.03 bits per heavy atom. The maximum Gasteiger partial charge on any atom is 0.206 e. The van der Waals surface area contributed by atoms with Gasteiger partial charge in [0.2, 0.25) is 5.79 Å². The van der Waals surface area contributed by atoms with Gasteiger partial charge in [-0.05, 0) is 68.7 Å². The molecule has 5 aliphatic rings. The van der Waals surface area contributed by atoms with Gasteiger partial charge in [0, 0.05) is 38.8 Å². The number of ether oxygens (including phenoxy) is 5. The molecule has 0 radical (unpaired) electrons. The van der Waals surface area contributed by atoms with Gasteiger partial charge in [-0.25, -0.2) is 0 Å². The first-order chi connectivity index (χ1) is 19.1. The van der Waals surface area contributed by atoms with Crippen LogP contribution in [0.1, 0.15) is 55.7 Å². The Hall–Kier alpha value is -2.38. The third-order valence-corrected chi connectivity index (χ3v) is 10.3. The van der Waals surface area contributed by atoms with Crippen LogP contribution < -0.4 is 9.47 Å². The minimum absolute atomic E-state index is 0.296. The molecule has 2 aromatic rings. The standard InChI is InChI=1S/C33H41NO5/c1-4-5-19-38-32-15-16-33(35-2,36-3)30-31(32)17-18-34(21-23-11-12-23)27(32)20-25-13-14-26(29(39-30)28(25)31)37-22-24-9-7-6-8-10-24/h4-10,13-14,23,27,30H,11-12,15-22H2,1-3H3/t27-,30-,31+,32-/m1/s1. The van der Waals surface area contributed by atoms with E-state index in [1.54, 1.807) is 14.2 Å². The number of nitrogens with zero attached hydrogens (tertiary/aromatic N) is 1. The second-order valence-electron chi connectivity index (χ2n) is 12.1. The van der Waals surface area contributed by atoms with E-state index < -0.39 is 5.79 Å². The van der Waals surface area contributed by atoms with E-state index in [1.165, 1.54) is 30.5 Å². The molecular formula is C33H41NO5. The molecular weight excluding hydrogens is 490 g/mol. The van der Waals surface area contributed by atoms with Crippen LogP contribution in [0.2, 0.25) is 0 Å². The molecule has 2 aliphatic heterocycles. The summed E-state index contributed by atoms with van der Waals surface area (Å²) >= 11 is 0. The summed E-state index contributed by atoms with van der Waals surface area (Å²) in [6.45, 7) is 5.36. The highest BCUT2D eigenvalue weighted by Crippen LogP contribution is 2.69. The van der Waals surface area contributed by atoms with Crippen molar-refractivity contribution in [3.8, 4) is 11.5 Å². The maximum atomic E-state index is 7.16. The van der Waals surface area contributed by atoms with E-state index in [2.05, 4.69) is 48.2 Å². The lowest BCUT2D eigenvalue weighted by molar-refractivity contribution is -0.325. The number of benzene rings is 2. The molecule has 2 bridgehead atoms. The molecule has 1 saturated heterocycles. The van der Waals surface area contributed by atoms with Crippen LogP contribution in [-0.4, -0.2) is 62.3 Å². The monoisotopic (exact) mass is 531 g/mol. The van der Waals surface area contributed by atoms with Gasteiger partial charge in [-0.15, -0.1) is 0 Å². The van der Waals surface area contributed by atoms with Crippen molar-refractivity contribution >= 4 is 0 Å². The van der Waals surface area contributed by atoms with Gasteiger partial charge in [0.05, 0.1) is 17.6 Å². The lowest BCUT2D eigenvalue weighted by Crippen LogP contribution is -2.80. The number of hydrogen-bond donors (Lipinski definition) is 0. The van der Waals surface area contributed by atoms with Crippen LogP contribution in [0.4, 0.5) is 0 Å². The smallest absolute Gasteiger partial charge is 0.206 e. The number of allylic oxidation sites excluding steroid dienone is 1. The summed E-state index contributed by atoms with van der Waals surface area (Å²) in [6, 6.07) is 15.0. The molecule has 0 aromatic heterocycles. The fourth-order valence-corrected chi connectivity index (χ4v) is 8.34. The van der Waals surface area contributed by atoms with E-state index in [1.807, 2.05) is 18.2 Å². The third kappa shape index (κ3) is 3.68. The average molecular weight is 532 g/mol. The summed E-state index contributed by atoms with van der Waals surface area (Å²) in [6.07, 6.45) is 10.1. The molecule has 7 rings (SSSR count). The molecule has 0 amide bonds. The minimum Gasteiger partial charge on any atom is -0.485 e. The molecule has 6 nitrogen and oxygen atoms in total. The molecule has 2 saturated carbocycles. The van der Waals surface area contributed by atoms with Crippen molar-refractivity contribution in [1.82, 2.24) is 4.90 Å². The third-order valence-electron chi connectivity index (χ3n) is 10.3. The lowest BCUT2D eigenvalue weighted by atomic mass is 9.48. The Kier molecular flexibility index (Phi) is 6.31. The van der Waals surface area contributed by atoms with Crippen LogP contribution in [-0.2, 0) is 32.7 Å². The summed E-state index contributed by atoms with van der Waals surface area (Å²) < 4.78 is 33.2. The van der Waals surface area contributed by atoms with Crippen LogP contribution in [0.3, 0.4) is 0 Å². The van der Waals surface area contributed by atoms with E-state index >= 15 is 0 Å². The highest BCUT2D eigenvalue weighted by Gasteiger charge is 2.77. The van der Waals surface area contributed by atoms with Crippen LogP contribution in [0.5, 0.6) is 11.5 Å². The number of methoxy groups -OCH3 is 2. The number of likely N-dealkylation sites (tertiary alicyclic amines) is 1. The fourth-order valence-electron chi connectivity index (χ4n) is 8.34. The zero-order valence-corrected chi connectivity index (χ0v) is 23.5. The van der Waals surface area contributed by atoms with Crippen molar-refractivity contribution in [1.29, 1.82) is 0 Å². The van der Waals surface area contributed by atoms with Crippen molar-refractivity contribution in [2.75, 3.05) is 33.9 Å². The summed E-state index contributed by atoms with van der Waals surface area (Å²) in [5, 5.41) is 0. The Labute approximate surface area is 232 Å². The molecule has 3 aliphatic carbocycles. The number of rotatable bonds is 10. The largest absolute Gasteiger partial charge is 0.485 e. The summed E-state index contributed by atoms with van der Waals surface area (Å²) in [4.78, 5) is 2.75. The Morgan fingerprint density at radius 3 is 2.59 bits per heavy atom. The first-order valence-electron chi connectivity index (χ1n) is 14.7.